The van der Waals surface area contributed by atoms with Gasteiger partial charge in [-0.2, -0.15) is 0 Å². The van der Waals surface area contributed by atoms with Crippen LogP contribution in [-0.2, 0) is 0 Å². The fourth-order valence-electron chi connectivity index (χ4n) is 8.19. The summed E-state index contributed by atoms with van der Waals surface area (Å²) in [6, 6.07) is 25.9. The molecule has 0 spiro atoms. The number of hydrogen-bond acceptors (Lipinski definition) is 7. The lowest BCUT2D eigenvalue weighted by Gasteiger charge is -2.13. The van der Waals surface area contributed by atoms with E-state index in [9.17, 15) is 4.79 Å². The predicted octanol–water partition coefficient (Wildman–Crippen LogP) is 10.3. The maximum atomic E-state index is 13.7. The molecule has 2 aliphatic rings. The number of carbonyl (C=O) groups is 1. The molecule has 0 saturated heterocycles. The Bertz CT molecular complexity index is 3230. The monoisotopic (exact) mass is 731 g/mol. The highest BCUT2D eigenvalue weighted by molar-refractivity contribution is 6.10. The van der Waals surface area contributed by atoms with Crippen LogP contribution in [0.25, 0.3) is 89.7 Å². The molecule has 5 aromatic carbocycles. The molecule has 0 fully saturated rings. The SMILES string of the molecule is Cc1ccc(C)c(C(=O)Nc2ccc3c(c2C)-c2nc-3nc3[nH]c(nc4nc(nc5[nH]c(n2)c2c(C)c(C)c(C)c(C)c52)-c2ccccc2-4)c2ccccc32)c1. The van der Waals surface area contributed by atoms with Gasteiger partial charge in [0.05, 0.1) is 0 Å². The number of fused-ring (bicyclic) bond motifs is 20. The maximum Gasteiger partial charge on any atom is 0.255 e. The lowest BCUT2D eigenvalue weighted by molar-refractivity contribution is 0.102. The van der Waals surface area contributed by atoms with E-state index in [1.54, 1.807) is 0 Å². The Kier molecular flexibility index (Phi) is 7.31. The van der Waals surface area contributed by atoms with Gasteiger partial charge in [0.2, 0.25) is 0 Å². The molecule has 10 rings (SSSR count). The van der Waals surface area contributed by atoms with E-state index >= 15 is 0 Å². The molecular formula is C46H37N9O. The van der Waals surface area contributed by atoms with Crippen molar-refractivity contribution >= 4 is 55.7 Å². The van der Waals surface area contributed by atoms with Crippen LogP contribution in [-0.4, -0.2) is 45.8 Å². The molecule has 2 aliphatic heterocycles. The van der Waals surface area contributed by atoms with Crippen LogP contribution in [0.3, 0.4) is 0 Å². The molecule has 0 unspecified atom stereocenters. The smallest absolute Gasteiger partial charge is 0.255 e. The van der Waals surface area contributed by atoms with E-state index < -0.39 is 0 Å². The van der Waals surface area contributed by atoms with Gasteiger partial charge < -0.3 is 15.3 Å². The first-order valence-electron chi connectivity index (χ1n) is 18.7. The van der Waals surface area contributed by atoms with Crippen LogP contribution in [0.15, 0.2) is 78.9 Å². The summed E-state index contributed by atoms with van der Waals surface area (Å²) in [7, 11) is 0. The summed E-state index contributed by atoms with van der Waals surface area (Å²) in [4.78, 5) is 51.9. The highest BCUT2D eigenvalue weighted by atomic mass is 16.1. The van der Waals surface area contributed by atoms with Crippen LogP contribution >= 0.6 is 0 Å². The minimum Gasteiger partial charge on any atom is -0.324 e. The van der Waals surface area contributed by atoms with Gasteiger partial charge in [-0.05, 0) is 100 Å². The standard InChI is InChI=1S/C46H37N9O/c1-21-16-17-22(2)33(20-21)46(56)47-34-19-18-32-35(27(34)7)43-53-42(32)51-40-29-13-9-8-12-28(29)38(49-40)48-39-30-14-10-11-15-31(30)41(50-39)52-44-36-25(5)23(3)24(4)26(6)37(36)45(54-43)55-44/h8-20H,1-7H3,(H,47,56)(H2,48,49,50,51,52,53,54,55). The van der Waals surface area contributed by atoms with Crippen molar-refractivity contribution in [1.29, 1.82) is 0 Å². The minimum atomic E-state index is -0.175. The fraction of sp³-hybridized carbons (Fsp3) is 0.152. The van der Waals surface area contributed by atoms with E-state index in [4.69, 9.17) is 29.9 Å². The highest BCUT2D eigenvalue weighted by Crippen LogP contribution is 2.42. The van der Waals surface area contributed by atoms with Crippen molar-refractivity contribution in [2.45, 2.75) is 48.5 Å². The van der Waals surface area contributed by atoms with Crippen LogP contribution < -0.4 is 5.32 Å². The number of benzene rings is 5. The number of amides is 1. The number of hydrogen-bond donors (Lipinski definition) is 3. The molecule has 0 aliphatic carbocycles. The predicted molar refractivity (Wildman–Crippen MR) is 224 cm³/mol. The number of aromatic nitrogens is 8. The van der Waals surface area contributed by atoms with Crippen LogP contribution in [0.1, 0.15) is 49.3 Å². The lowest BCUT2D eigenvalue weighted by atomic mass is 9.94. The molecule has 5 heterocycles. The largest absolute Gasteiger partial charge is 0.324 e. The Morgan fingerprint density at radius 2 is 1.02 bits per heavy atom. The summed E-state index contributed by atoms with van der Waals surface area (Å²) in [5.74, 6) is 1.94. The Morgan fingerprint density at radius 1 is 0.500 bits per heavy atom. The third-order valence-electron chi connectivity index (χ3n) is 11.6. The second kappa shape index (κ2) is 12.2. The van der Waals surface area contributed by atoms with Crippen LogP contribution in [0.4, 0.5) is 5.69 Å². The molecule has 0 atom stereocenters. The van der Waals surface area contributed by atoms with Gasteiger partial charge in [0.1, 0.15) is 22.6 Å². The van der Waals surface area contributed by atoms with E-state index in [1.807, 2.05) is 99.6 Å². The van der Waals surface area contributed by atoms with Crippen molar-refractivity contribution in [3.05, 3.63) is 123 Å². The molecule has 272 valence electrons. The molecule has 3 aromatic heterocycles. The lowest BCUT2D eigenvalue weighted by Crippen LogP contribution is -2.14. The van der Waals surface area contributed by atoms with Gasteiger partial charge in [-0.3, -0.25) is 4.79 Å². The number of aromatic amines is 2. The first-order chi connectivity index (χ1) is 27.0. The Labute approximate surface area is 322 Å². The summed E-state index contributed by atoms with van der Waals surface area (Å²) in [6.07, 6.45) is 0. The summed E-state index contributed by atoms with van der Waals surface area (Å²) < 4.78 is 0. The summed E-state index contributed by atoms with van der Waals surface area (Å²) >= 11 is 0. The number of nitrogens with one attached hydrogen (secondary N) is 3. The maximum absolute atomic E-state index is 13.7. The van der Waals surface area contributed by atoms with E-state index in [-0.39, 0.29) is 5.91 Å². The molecule has 1 amide bonds. The third-order valence-corrected chi connectivity index (χ3v) is 11.6. The zero-order chi connectivity index (χ0) is 38.6. The quantitative estimate of drug-likeness (QED) is 0.161. The third kappa shape index (κ3) is 4.98. The first-order valence-corrected chi connectivity index (χ1v) is 18.7. The van der Waals surface area contributed by atoms with Crippen molar-refractivity contribution < 1.29 is 4.79 Å². The normalized spacial score (nSPS) is 11.9. The van der Waals surface area contributed by atoms with Gasteiger partial charge in [-0.25, -0.2) is 29.9 Å². The average Bonchev–Trinajstić information content (AvgIpc) is 3.93. The number of anilines is 1. The second-order valence-electron chi connectivity index (χ2n) is 14.9. The van der Waals surface area contributed by atoms with Crippen LogP contribution in [0.2, 0.25) is 0 Å². The van der Waals surface area contributed by atoms with Gasteiger partial charge in [0.25, 0.3) is 5.91 Å². The van der Waals surface area contributed by atoms with Gasteiger partial charge in [-0.1, -0.05) is 66.2 Å². The molecule has 8 aromatic rings. The van der Waals surface area contributed by atoms with Crippen molar-refractivity contribution in [2.24, 2.45) is 0 Å². The summed E-state index contributed by atoms with van der Waals surface area (Å²) in [5.41, 5.74) is 14.6. The molecule has 10 nitrogen and oxygen atoms in total. The number of H-pyrrole nitrogens is 2. The van der Waals surface area contributed by atoms with E-state index in [0.29, 0.717) is 57.1 Å². The zero-order valence-electron chi connectivity index (χ0n) is 32.1. The van der Waals surface area contributed by atoms with Crippen molar-refractivity contribution in [3.8, 4) is 45.6 Å². The molecule has 0 saturated carbocycles. The van der Waals surface area contributed by atoms with Gasteiger partial charge in [0.15, 0.2) is 23.3 Å². The molecule has 0 radical (unpaired) electrons. The minimum absolute atomic E-state index is 0.175. The van der Waals surface area contributed by atoms with Crippen LogP contribution in [0.5, 0.6) is 0 Å². The zero-order valence-corrected chi connectivity index (χ0v) is 32.1. The highest BCUT2D eigenvalue weighted by Gasteiger charge is 2.26. The first kappa shape index (κ1) is 33.5. The topological polar surface area (TPSA) is 138 Å². The Hall–Kier alpha value is -7.07. The van der Waals surface area contributed by atoms with E-state index in [2.05, 4.69) is 43.0 Å². The van der Waals surface area contributed by atoms with Gasteiger partial charge >= 0.3 is 0 Å². The van der Waals surface area contributed by atoms with Crippen molar-refractivity contribution in [1.82, 2.24) is 39.9 Å². The van der Waals surface area contributed by atoms with E-state index in [0.717, 1.165) is 71.6 Å². The molecule has 10 heteroatoms. The summed E-state index contributed by atoms with van der Waals surface area (Å²) in [6.45, 7) is 14.5. The number of rotatable bonds is 2. The van der Waals surface area contributed by atoms with Crippen LogP contribution in [0, 0.1) is 48.5 Å². The number of aryl methyl sites for hydroxylation is 4. The molecule has 56 heavy (non-hydrogen) atoms. The Balaban J connectivity index is 1.33. The van der Waals surface area contributed by atoms with Crippen molar-refractivity contribution in [3.63, 3.8) is 0 Å². The number of carbonyl (C=O) groups excluding carboxylic acids is 1. The average molecular weight is 732 g/mol. The summed E-state index contributed by atoms with van der Waals surface area (Å²) in [5, 5.41) is 6.95. The molecule has 3 N–H and O–H groups in total. The Morgan fingerprint density at radius 3 is 1.64 bits per heavy atom. The van der Waals surface area contributed by atoms with Gasteiger partial charge in [0, 0.05) is 55.0 Å². The fourth-order valence-corrected chi connectivity index (χ4v) is 8.19. The number of nitrogens with zero attached hydrogens (tertiary/aromatic N) is 6. The second-order valence-corrected chi connectivity index (χ2v) is 14.9. The molecule has 8 bridgehead atoms. The molecular weight excluding hydrogens is 695 g/mol. The van der Waals surface area contributed by atoms with Gasteiger partial charge in [-0.15, -0.1) is 0 Å². The van der Waals surface area contributed by atoms with Crippen molar-refractivity contribution in [2.75, 3.05) is 5.32 Å². The van der Waals surface area contributed by atoms with E-state index in [1.165, 1.54) is 11.1 Å².